The van der Waals surface area contributed by atoms with Gasteiger partial charge in [-0.2, -0.15) is 11.8 Å². The van der Waals surface area contributed by atoms with E-state index >= 15 is 0 Å². The standard InChI is InChI=1S/C22H26Cl2N2O5S2/c1-33(28,29)26(17-5-7-20-21(14-17)31-11-10-30-20)9-2-3-22(27)25-8-12-32-15-16-4-6-18(23)19(24)13-16/h4-7,13-14H,2-3,8-12,15H2,1H3,(H,25,27). The van der Waals surface area contributed by atoms with Gasteiger partial charge in [0.1, 0.15) is 13.2 Å². The number of carbonyl (C=O) groups is 1. The minimum absolute atomic E-state index is 0.110. The minimum atomic E-state index is -3.51. The molecular formula is C22H26Cl2N2O5S2. The first-order valence-electron chi connectivity index (χ1n) is 10.4. The first-order valence-corrected chi connectivity index (χ1v) is 14.2. The predicted octanol–water partition coefficient (Wildman–Crippen LogP) is 4.36. The zero-order valence-electron chi connectivity index (χ0n) is 18.2. The number of nitrogens with zero attached hydrogens (tertiary/aromatic N) is 1. The summed E-state index contributed by atoms with van der Waals surface area (Å²) in [7, 11) is -3.51. The number of halogens is 2. The highest BCUT2D eigenvalue weighted by Gasteiger charge is 2.21. The van der Waals surface area contributed by atoms with E-state index in [4.69, 9.17) is 32.7 Å². The van der Waals surface area contributed by atoms with E-state index < -0.39 is 10.0 Å². The molecule has 0 saturated heterocycles. The minimum Gasteiger partial charge on any atom is -0.486 e. The van der Waals surface area contributed by atoms with Crippen LogP contribution in [0, 0.1) is 0 Å². The van der Waals surface area contributed by atoms with Crippen molar-refractivity contribution in [1.82, 2.24) is 5.32 Å². The number of nitrogens with one attached hydrogen (secondary N) is 1. The third-order valence-electron chi connectivity index (χ3n) is 4.80. The number of hydrogen-bond donors (Lipinski definition) is 1. The number of benzene rings is 2. The topological polar surface area (TPSA) is 84.9 Å². The second-order valence-electron chi connectivity index (χ2n) is 7.42. The summed E-state index contributed by atoms with van der Waals surface area (Å²) in [4.78, 5) is 12.2. The lowest BCUT2D eigenvalue weighted by molar-refractivity contribution is -0.121. The van der Waals surface area contributed by atoms with Gasteiger partial charge >= 0.3 is 0 Å². The molecule has 2 aromatic carbocycles. The Morgan fingerprint density at radius 3 is 2.58 bits per heavy atom. The van der Waals surface area contributed by atoms with Gasteiger partial charge in [0.15, 0.2) is 11.5 Å². The van der Waals surface area contributed by atoms with Crippen LogP contribution in [0.15, 0.2) is 36.4 Å². The van der Waals surface area contributed by atoms with Crippen molar-refractivity contribution in [3.63, 3.8) is 0 Å². The molecular weight excluding hydrogens is 507 g/mol. The van der Waals surface area contributed by atoms with Crippen molar-refractivity contribution in [2.45, 2.75) is 18.6 Å². The van der Waals surface area contributed by atoms with Gasteiger partial charge < -0.3 is 14.8 Å². The Morgan fingerprint density at radius 2 is 1.85 bits per heavy atom. The Labute approximate surface area is 208 Å². The van der Waals surface area contributed by atoms with Crippen molar-refractivity contribution in [2.24, 2.45) is 0 Å². The van der Waals surface area contributed by atoms with E-state index in [1.165, 1.54) is 4.31 Å². The number of amides is 1. The Morgan fingerprint density at radius 1 is 1.09 bits per heavy atom. The highest BCUT2D eigenvalue weighted by molar-refractivity contribution is 7.98. The lowest BCUT2D eigenvalue weighted by Gasteiger charge is -2.25. The van der Waals surface area contributed by atoms with Crippen molar-refractivity contribution < 1.29 is 22.7 Å². The fourth-order valence-corrected chi connectivity index (χ4v) is 5.31. The van der Waals surface area contributed by atoms with Gasteiger partial charge in [-0.1, -0.05) is 29.3 Å². The molecule has 2 aromatic rings. The molecule has 0 radical (unpaired) electrons. The van der Waals surface area contributed by atoms with E-state index in [0.29, 0.717) is 53.4 Å². The largest absolute Gasteiger partial charge is 0.486 e. The van der Waals surface area contributed by atoms with Crippen LogP contribution in [-0.4, -0.2) is 52.6 Å². The van der Waals surface area contributed by atoms with Crippen molar-refractivity contribution in [3.05, 3.63) is 52.0 Å². The Bertz CT molecular complexity index is 1080. The number of sulfonamides is 1. The van der Waals surface area contributed by atoms with Crippen molar-refractivity contribution in [3.8, 4) is 11.5 Å². The zero-order chi connectivity index (χ0) is 23.8. The van der Waals surface area contributed by atoms with Gasteiger partial charge in [-0.05, 0) is 36.2 Å². The van der Waals surface area contributed by atoms with Gasteiger partial charge in [0.05, 0.1) is 22.0 Å². The molecule has 1 aliphatic rings. The molecule has 33 heavy (non-hydrogen) atoms. The van der Waals surface area contributed by atoms with Crippen molar-refractivity contribution >= 4 is 56.6 Å². The lowest BCUT2D eigenvalue weighted by atomic mass is 10.2. The van der Waals surface area contributed by atoms with Gasteiger partial charge in [-0.15, -0.1) is 0 Å². The molecule has 7 nitrogen and oxygen atoms in total. The van der Waals surface area contributed by atoms with E-state index in [9.17, 15) is 13.2 Å². The van der Waals surface area contributed by atoms with Gasteiger partial charge in [-0.25, -0.2) is 8.42 Å². The van der Waals surface area contributed by atoms with E-state index in [-0.39, 0.29) is 18.9 Å². The lowest BCUT2D eigenvalue weighted by Crippen LogP contribution is -2.32. The molecule has 1 amide bonds. The summed E-state index contributed by atoms with van der Waals surface area (Å²) in [6.07, 6.45) is 1.77. The molecule has 0 unspecified atom stereocenters. The number of rotatable bonds is 11. The van der Waals surface area contributed by atoms with E-state index in [1.54, 1.807) is 36.0 Å². The summed E-state index contributed by atoms with van der Waals surface area (Å²) in [6.45, 7) is 1.60. The molecule has 11 heteroatoms. The van der Waals surface area contributed by atoms with Crippen LogP contribution in [-0.2, 0) is 20.6 Å². The molecule has 180 valence electrons. The molecule has 1 N–H and O–H groups in total. The molecule has 0 saturated carbocycles. The first-order chi connectivity index (χ1) is 15.7. The second-order valence-corrected chi connectivity index (χ2v) is 11.2. The quantitative estimate of drug-likeness (QED) is 0.432. The molecule has 1 aliphatic heterocycles. The number of anilines is 1. The SMILES string of the molecule is CS(=O)(=O)N(CCCC(=O)NCCSCc1ccc(Cl)c(Cl)c1)c1ccc2c(c1)OCCO2. The summed E-state index contributed by atoms with van der Waals surface area (Å²) in [5.74, 6) is 2.52. The van der Waals surface area contributed by atoms with Crippen LogP contribution >= 0.6 is 35.0 Å². The summed E-state index contributed by atoms with van der Waals surface area (Å²) in [6, 6.07) is 10.6. The molecule has 0 fully saturated rings. The van der Waals surface area contributed by atoms with Crippen LogP contribution in [0.25, 0.3) is 0 Å². The monoisotopic (exact) mass is 532 g/mol. The van der Waals surface area contributed by atoms with Crippen LogP contribution < -0.4 is 19.1 Å². The molecule has 3 rings (SSSR count). The van der Waals surface area contributed by atoms with Crippen molar-refractivity contribution in [2.75, 3.05) is 42.6 Å². The molecule has 0 spiro atoms. The Hall–Kier alpha value is -1.81. The van der Waals surface area contributed by atoms with Crippen LogP contribution in [0.3, 0.4) is 0 Å². The molecule has 1 heterocycles. The van der Waals surface area contributed by atoms with Gasteiger partial charge in [0.2, 0.25) is 15.9 Å². The maximum Gasteiger partial charge on any atom is 0.232 e. The number of thioether (sulfide) groups is 1. The number of hydrogen-bond acceptors (Lipinski definition) is 6. The third-order valence-corrected chi connectivity index (χ3v) is 7.76. The van der Waals surface area contributed by atoms with Gasteiger partial charge in [0.25, 0.3) is 0 Å². The summed E-state index contributed by atoms with van der Waals surface area (Å²) in [5, 5.41) is 3.93. The Balaban J connectivity index is 1.41. The summed E-state index contributed by atoms with van der Waals surface area (Å²) < 4.78 is 36.9. The van der Waals surface area contributed by atoms with Crippen LogP contribution in [0.1, 0.15) is 18.4 Å². The first kappa shape index (κ1) is 25.8. The highest BCUT2D eigenvalue weighted by Crippen LogP contribution is 2.34. The van der Waals surface area contributed by atoms with Crippen molar-refractivity contribution in [1.29, 1.82) is 0 Å². The van der Waals surface area contributed by atoms with Gasteiger partial charge in [0, 0.05) is 37.1 Å². The molecule has 0 aromatic heterocycles. The van der Waals surface area contributed by atoms with Crippen LogP contribution in [0.4, 0.5) is 5.69 Å². The average molecular weight is 533 g/mol. The van der Waals surface area contributed by atoms with E-state index in [1.807, 2.05) is 12.1 Å². The summed E-state index contributed by atoms with van der Waals surface area (Å²) >= 11 is 13.6. The normalized spacial score (nSPS) is 12.9. The highest BCUT2D eigenvalue weighted by atomic mass is 35.5. The fourth-order valence-electron chi connectivity index (χ4n) is 3.23. The fraction of sp³-hybridized carbons (Fsp3) is 0.409. The predicted molar refractivity (Wildman–Crippen MR) is 134 cm³/mol. The van der Waals surface area contributed by atoms with Crippen LogP contribution in [0.2, 0.25) is 10.0 Å². The van der Waals surface area contributed by atoms with E-state index in [2.05, 4.69) is 5.32 Å². The third kappa shape index (κ3) is 7.88. The average Bonchev–Trinajstić information content (AvgIpc) is 2.77. The molecule has 0 aliphatic carbocycles. The van der Waals surface area contributed by atoms with Crippen LogP contribution in [0.5, 0.6) is 11.5 Å². The van der Waals surface area contributed by atoms with Gasteiger partial charge in [-0.3, -0.25) is 9.10 Å². The maximum absolute atomic E-state index is 12.3. The number of fused-ring (bicyclic) bond motifs is 1. The number of carbonyl (C=O) groups excluding carboxylic acids is 1. The summed E-state index contributed by atoms with van der Waals surface area (Å²) in [5.41, 5.74) is 1.56. The molecule has 0 bridgehead atoms. The smallest absolute Gasteiger partial charge is 0.232 e. The zero-order valence-corrected chi connectivity index (χ0v) is 21.3. The van der Waals surface area contributed by atoms with E-state index in [0.717, 1.165) is 23.3 Å². The maximum atomic E-state index is 12.3. The Kier molecular flexibility index (Phi) is 9.43. The number of ether oxygens (including phenoxy) is 2. The second kappa shape index (κ2) is 12.1. The molecule has 0 atom stereocenters.